The number of aldehydes is 1. The summed E-state index contributed by atoms with van der Waals surface area (Å²) in [5.41, 5.74) is 0.981. The fourth-order valence-electron chi connectivity index (χ4n) is 0.753. The zero-order valence-electron chi connectivity index (χ0n) is 8.36. The summed E-state index contributed by atoms with van der Waals surface area (Å²) in [5.74, 6) is 0. The molecule has 0 fully saturated rings. The summed E-state index contributed by atoms with van der Waals surface area (Å²) >= 11 is 0. The van der Waals surface area contributed by atoms with Crippen molar-refractivity contribution >= 4 is 6.29 Å². The van der Waals surface area contributed by atoms with Crippen LogP contribution in [0.3, 0.4) is 0 Å². The van der Waals surface area contributed by atoms with Crippen LogP contribution in [0.25, 0.3) is 0 Å². The number of rotatable bonds is 3. The van der Waals surface area contributed by atoms with Gasteiger partial charge in [0.15, 0.2) is 0 Å². The smallest absolute Gasteiger partial charge is 0.120 e. The molecule has 0 N–H and O–H groups in total. The van der Waals surface area contributed by atoms with Gasteiger partial charge in [-0.2, -0.15) is 0 Å². The van der Waals surface area contributed by atoms with Crippen LogP contribution in [0.1, 0.15) is 32.4 Å². The van der Waals surface area contributed by atoms with Crippen LogP contribution in [0.2, 0.25) is 0 Å². The largest absolute Gasteiger partial charge is 0.303 e. The van der Waals surface area contributed by atoms with E-state index < -0.39 is 0 Å². The SMILES string of the molecule is CCC.O=CCCc1ccccn1. The van der Waals surface area contributed by atoms with E-state index in [1.165, 1.54) is 6.42 Å². The van der Waals surface area contributed by atoms with E-state index in [4.69, 9.17) is 0 Å². The second-order valence-electron chi connectivity index (χ2n) is 2.73. The van der Waals surface area contributed by atoms with Gasteiger partial charge >= 0.3 is 0 Å². The van der Waals surface area contributed by atoms with Gasteiger partial charge in [0.2, 0.25) is 0 Å². The molecule has 0 aliphatic heterocycles. The summed E-state index contributed by atoms with van der Waals surface area (Å²) in [6, 6.07) is 5.71. The normalized spacial score (nSPS) is 8.46. The van der Waals surface area contributed by atoms with Gasteiger partial charge in [-0.25, -0.2) is 0 Å². The molecule has 1 aromatic heterocycles. The minimum atomic E-state index is 0.566. The lowest BCUT2D eigenvalue weighted by Crippen LogP contribution is -1.88. The molecule has 72 valence electrons. The van der Waals surface area contributed by atoms with Crippen molar-refractivity contribution in [3.8, 4) is 0 Å². The maximum Gasteiger partial charge on any atom is 0.120 e. The monoisotopic (exact) mass is 179 g/mol. The summed E-state index contributed by atoms with van der Waals surface area (Å²) in [5, 5.41) is 0. The Morgan fingerprint density at radius 2 is 2.08 bits per heavy atom. The van der Waals surface area contributed by atoms with Gasteiger partial charge in [0.05, 0.1) is 0 Å². The molecule has 0 radical (unpaired) electrons. The zero-order chi connectivity index (χ0) is 9.94. The fraction of sp³-hybridized carbons (Fsp3) is 0.455. The van der Waals surface area contributed by atoms with Crippen LogP contribution in [0.4, 0.5) is 0 Å². The summed E-state index contributed by atoms with van der Waals surface area (Å²) in [6.07, 6.45) is 5.22. The number of carbonyl (C=O) groups excluding carboxylic acids is 1. The molecule has 1 rings (SSSR count). The minimum Gasteiger partial charge on any atom is -0.303 e. The van der Waals surface area contributed by atoms with Crippen LogP contribution in [0.15, 0.2) is 24.4 Å². The van der Waals surface area contributed by atoms with E-state index in [-0.39, 0.29) is 0 Å². The highest BCUT2D eigenvalue weighted by Crippen LogP contribution is 1.95. The maximum atomic E-state index is 9.95. The third-order valence-electron chi connectivity index (χ3n) is 1.24. The van der Waals surface area contributed by atoms with Crippen LogP contribution >= 0.6 is 0 Å². The highest BCUT2D eigenvalue weighted by atomic mass is 16.1. The molecule has 0 atom stereocenters. The lowest BCUT2D eigenvalue weighted by Gasteiger charge is -1.92. The molecule has 2 heteroatoms. The van der Waals surface area contributed by atoms with E-state index in [0.717, 1.165) is 18.4 Å². The van der Waals surface area contributed by atoms with E-state index in [1.807, 2.05) is 18.2 Å². The number of pyridine rings is 1. The summed E-state index contributed by atoms with van der Waals surface area (Å²) in [4.78, 5) is 14.0. The van der Waals surface area contributed by atoms with Crippen LogP contribution in [-0.2, 0) is 11.2 Å². The molecule has 1 aromatic rings. The Balaban J connectivity index is 0.000000424. The standard InChI is InChI=1S/C8H9NO.C3H8/c10-7-3-5-8-4-1-2-6-9-8;1-3-2/h1-2,4,6-7H,3,5H2;3H2,1-2H3. The third-order valence-corrected chi connectivity index (χ3v) is 1.24. The van der Waals surface area contributed by atoms with Crippen molar-refractivity contribution < 1.29 is 4.79 Å². The summed E-state index contributed by atoms with van der Waals surface area (Å²) < 4.78 is 0. The molecule has 0 spiro atoms. The topological polar surface area (TPSA) is 30.0 Å². The third kappa shape index (κ3) is 7.19. The predicted octanol–water partition coefficient (Wildman–Crippen LogP) is 2.63. The maximum absolute atomic E-state index is 9.95. The van der Waals surface area contributed by atoms with Crippen LogP contribution in [0.5, 0.6) is 0 Å². The first-order chi connectivity index (χ1) is 6.35. The fourth-order valence-corrected chi connectivity index (χ4v) is 0.753. The van der Waals surface area contributed by atoms with Crippen molar-refractivity contribution in [2.45, 2.75) is 33.1 Å². The molecule has 0 saturated carbocycles. The summed E-state index contributed by atoms with van der Waals surface area (Å²) in [6.45, 7) is 4.25. The Bertz CT molecular complexity index is 209. The summed E-state index contributed by atoms with van der Waals surface area (Å²) in [7, 11) is 0. The Kier molecular flexibility index (Phi) is 8.10. The lowest BCUT2D eigenvalue weighted by molar-refractivity contribution is -0.107. The molecular weight excluding hydrogens is 162 g/mol. The van der Waals surface area contributed by atoms with Crippen molar-refractivity contribution in [2.24, 2.45) is 0 Å². The van der Waals surface area contributed by atoms with Gasteiger partial charge in [-0.05, 0) is 18.6 Å². The first-order valence-corrected chi connectivity index (χ1v) is 4.68. The first kappa shape index (κ1) is 11.8. The quantitative estimate of drug-likeness (QED) is 0.668. The number of aromatic nitrogens is 1. The molecule has 0 unspecified atom stereocenters. The van der Waals surface area contributed by atoms with Crippen molar-refractivity contribution in [3.63, 3.8) is 0 Å². The van der Waals surface area contributed by atoms with Gasteiger partial charge in [0.25, 0.3) is 0 Å². The number of nitrogens with zero attached hydrogens (tertiary/aromatic N) is 1. The van der Waals surface area contributed by atoms with Gasteiger partial charge in [0, 0.05) is 18.3 Å². The predicted molar refractivity (Wildman–Crippen MR) is 54.6 cm³/mol. The van der Waals surface area contributed by atoms with E-state index in [2.05, 4.69) is 18.8 Å². The van der Waals surface area contributed by atoms with Crippen molar-refractivity contribution in [1.29, 1.82) is 0 Å². The highest BCUT2D eigenvalue weighted by Gasteiger charge is 1.89. The second-order valence-corrected chi connectivity index (χ2v) is 2.73. The van der Waals surface area contributed by atoms with E-state index in [9.17, 15) is 4.79 Å². The van der Waals surface area contributed by atoms with Gasteiger partial charge in [-0.15, -0.1) is 0 Å². The molecule has 0 aliphatic rings. The number of aryl methyl sites for hydroxylation is 1. The number of hydrogen-bond acceptors (Lipinski definition) is 2. The van der Waals surface area contributed by atoms with E-state index in [0.29, 0.717) is 6.42 Å². The molecule has 2 nitrogen and oxygen atoms in total. The molecule has 0 bridgehead atoms. The lowest BCUT2D eigenvalue weighted by atomic mass is 10.2. The Labute approximate surface area is 80.0 Å². The molecular formula is C11H17NO. The molecule has 13 heavy (non-hydrogen) atoms. The van der Waals surface area contributed by atoms with E-state index in [1.54, 1.807) is 6.20 Å². The molecule has 1 heterocycles. The van der Waals surface area contributed by atoms with Crippen molar-refractivity contribution in [3.05, 3.63) is 30.1 Å². The van der Waals surface area contributed by atoms with Gasteiger partial charge < -0.3 is 4.79 Å². The van der Waals surface area contributed by atoms with Gasteiger partial charge in [0.1, 0.15) is 6.29 Å². The van der Waals surface area contributed by atoms with Crippen molar-refractivity contribution in [1.82, 2.24) is 4.98 Å². The number of hydrogen-bond donors (Lipinski definition) is 0. The first-order valence-electron chi connectivity index (χ1n) is 4.68. The molecule has 0 saturated heterocycles. The molecule has 0 aliphatic carbocycles. The minimum absolute atomic E-state index is 0.566. The Hall–Kier alpha value is -1.18. The Morgan fingerprint density at radius 1 is 1.38 bits per heavy atom. The second kappa shape index (κ2) is 8.91. The van der Waals surface area contributed by atoms with E-state index >= 15 is 0 Å². The average Bonchev–Trinajstić information content (AvgIpc) is 2.18. The van der Waals surface area contributed by atoms with Crippen molar-refractivity contribution in [2.75, 3.05) is 0 Å². The molecule has 0 amide bonds. The van der Waals surface area contributed by atoms with Crippen LogP contribution in [0, 0.1) is 0 Å². The van der Waals surface area contributed by atoms with Crippen LogP contribution < -0.4 is 0 Å². The molecule has 0 aromatic carbocycles. The van der Waals surface area contributed by atoms with Crippen LogP contribution in [-0.4, -0.2) is 11.3 Å². The van der Waals surface area contributed by atoms with Gasteiger partial charge in [-0.3, -0.25) is 4.98 Å². The van der Waals surface area contributed by atoms with Gasteiger partial charge in [-0.1, -0.05) is 26.3 Å². The highest BCUT2D eigenvalue weighted by molar-refractivity contribution is 5.49. The Morgan fingerprint density at radius 3 is 2.54 bits per heavy atom. The average molecular weight is 179 g/mol. The number of carbonyl (C=O) groups is 1. The zero-order valence-corrected chi connectivity index (χ0v) is 8.36.